The molecule has 0 heterocycles. The molecule has 0 aliphatic heterocycles. The van der Waals surface area contributed by atoms with Crippen LogP contribution in [0.1, 0.15) is 57.8 Å². The summed E-state index contributed by atoms with van der Waals surface area (Å²) in [4.78, 5) is 2.28. The van der Waals surface area contributed by atoms with Gasteiger partial charge in [0.2, 0.25) is 0 Å². The Kier molecular flexibility index (Phi) is 11.7. The highest BCUT2D eigenvalue weighted by atomic mass is 32.2. The van der Waals surface area contributed by atoms with Crippen molar-refractivity contribution in [1.82, 2.24) is 9.21 Å². The molecule has 0 aromatic heterocycles. The van der Waals surface area contributed by atoms with Crippen molar-refractivity contribution < 1.29 is 17.5 Å². The number of nitrogens with one attached hydrogen (secondary N) is 1. The van der Waals surface area contributed by atoms with Crippen molar-refractivity contribution in [3.63, 3.8) is 0 Å². The number of rotatable bonds is 15. The Bertz CT molecular complexity index is 782. The van der Waals surface area contributed by atoms with Crippen LogP contribution in [0.5, 0.6) is 0 Å². The Morgan fingerprint density at radius 1 is 1.12 bits per heavy atom. The number of hydrogen-bond donors (Lipinski definition) is 1. The van der Waals surface area contributed by atoms with Gasteiger partial charge in [0.1, 0.15) is 5.82 Å². The maximum Gasteiger partial charge on any atom is 0.301 e. The third-order valence-electron chi connectivity index (χ3n) is 6.09. The van der Waals surface area contributed by atoms with Crippen molar-refractivity contribution in [1.29, 1.82) is 0 Å². The van der Waals surface area contributed by atoms with Gasteiger partial charge in [-0.05, 0) is 70.3 Å². The summed E-state index contributed by atoms with van der Waals surface area (Å²) in [6.45, 7) is 6.60. The van der Waals surface area contributed by atoms with Crippen molar-refractivity contribution >= 4 is 15.9 Å². The minimum Gasteiger partial charge on any atom is -0.378 e. The minimum absolute atomic E-state index is 0.0693. The molecule has 182 valence electrons. The number of nitrogens with zero attached hydrogens (tertiary/aromatic N) is 2. The highest BCUT2D eigenvalue weighted by Gasteiger charge is 2.30. The Morgan fingerprint density at radius 2 is 1.81 bits per heavy atom. The average molecular weight is 470 g/mol. The Morgan fingerprint density at radius 3 is 2.50 bits per heavy atom. The van der Waals surface area contributed by atoms with E-state index < -0.39 is 16.0 Å². The summed E-state index contributed by atoms with van der Waals surface area (Å²) in [6, 6.07) is 5.42. The van der Waals surface area contributed by atoms with E-state index in [4.69, 9.17) is 4.74 Å². The highest BCUT2D eigenvalue weighted by Crippen LogP contribution is 2.27. The third-order valence-corrected chi connectivity index (χ3v) is 7.64. The summed E-state index contributed by atoms with van der Waals surface area (Å²) < 4.78 is 48.5. The van der Waals surface area contributed by atoms with Crippen LogP contribution in [0, 0.1) is 5.82 Å². The summed E-state index contributed by atoms with van der Waals surface area (Å²) in [5, 5.41) is 0. The minimum atomic E-state index is -3.72. The summed E-state index contributed by atoms with van der Waals surface area (Å²) in [5.74, 6) is -0.471. The summed E-state index contributed by atoms with van der Waals surface area (Å²) in [5.41, 5.74) is 0.234. The van der Waals surface area contributed by atoms with Crippen LogP contribution in [0.3, 0.4) is 0 Å². The zero-order valence-corrected chi connectivity index (χ0v) is 20.5. The van der Waals surface area contributed by atoms with E-state index in [1.165, 1.54) is 48.2 Å². The van der Waals surface area contributed by atoms with E-state index in [1.54, 1.807) is 13.1 Å². The van der Waals surface area contributed by atoms with Crippen LogP contribution >= 0.6 is 0 Å². The standard InChI is InChI=1S/C24H40FN3O3S/c1-4-17-27(2)18-8-6-5-7-9-19-31-24-15-13-23(14-16-24)28(3)32(29,30)26-22-12-10-11-21(25)20-22/h4,10-12,20,23-24,26H,1,5-9,13-19H2,2-3H3. The zero-order valence-electron chi connectivity index (χ0n) is 19.6. The molecule has 1 aromatic rings. The van der Waals surface area contributed by atoms with E-state index in [1.807, 2.05) is 6.08 Å². The van der Waals surface area contributed by atoms with Crippen LogP contribution in [-0.2, 0) is 14.9 Å². The molecule has 2 rings (SSSR count). The lowest BCUT2D eigenvalue weighted by Crippen LogP contribution is -2.43. The first kappa shape index (κ1) is 26.8. The Hall–Kier alpha value is -1.48. The predicted molar refractivity (Wildman–Crippen MR) is 129 cm³/mol. The molecule has 0 unspecified atom stereocenters. The normalized spacial score (nSPS) is 19.4. The second-order valence-electron chi connectivity index (χ2n) is 8.75. The smallest absolute Gasteiger partial charge is 0.301 e. The number of halogens is 1. The van der Waals surface area contributed by atoms with Crippen LogP contribution in [0.25, 0.3) is 0 Å². The highest BCUT2D eigenvalue weighted by molar-refractivity contribution is 7.90. The predicted octanol–water partition coefficient (Wildman–Crippen LogP) is 4.81. The number of anilines is 1. The van der Waals surface area contributed by atoms with Gasteiger partial charge in [-0.15, -0.1) is 6.58 Å². The molecule has 1 aromatic carbocycles. The second kappa shape index (κ2) is 13.9. The van der Waals surface area contributed by atoms with Crippen LogP contribution in [0.4, 0.5) is 10.1 Å². The van der Waals surface area contributed by atoms with Gasteiger partial charge in [0, 0.05) is 26.2 Å². The van der Waals surface area contributed by atoms with Gasteiger partial charge in [-0.3, -0.25) is 4.72 Å². The van der Waals surface area contributed by atoms with Gasteiger partial charge in [-0.2, -0.15) is 12.7 Å². The lowest BCUT2D eigenvalue weighted by atomic mass is 9.93. The van der Waals surface area contributed by atoms with E-state index in [2.05, 4.69) is 23.2 Å². The van der Waals surface area contributed by atoms with Gasteiger partial charge >= 0.3 is 10.2 Å². The lowest BCUT2D eigenvalue weighted by Gasteiger charge is -2.34. The van der Waals surface area contributed by atoms with Crippen LogP contribution in [-0.4, -0.2) is 63.6 Å². The van der Waals surface area contributed by atoms with E-state index in [0.29, 0.717) is 0 Å². The molecule has 8 heteroatoms. The molecule has 0 saturated heterocycles. The number of unbranched alkanes of at least 4 members (excludes halogenated alkanes) is 4. The van der Waals surface area contributed by atoms with Crippen molar-refractivity contribution in [3.8, 4) is 0 Å². The molecule has 0 bridgehead atoms. The quantitative estimate of drug-likeness (QED) is 0.296. The molecule has 6 nitrogen and oxygen atoms in total. The van der Waals surface area contributed by atoms with Gasteiger partial charge in [-0.25, -0.2) is 4.39 Å². The first-order chi connectivity index (χ1) is 15.3. The largest absolute Gasteiger partial charge is 0.378 e. The van der Waals surface area contributed by atoms with Gasteiger partial charge in [0.25, 0.3) is 0 Å². The van der Waals surface area contributed by atoms with Crippen molar-refractivity contribution in [2.45, 2.75) is 69.9 Å². The maximum atomic E-state index is 13.3. The number of hydrogen-bond acceptors (Lipinski definition) is 4. The van der Waals surface area contributed by atoms with Gasteiger partial charge in [0.15, 0.2) is 0 Å². The van der Waals surface area contributed by atoms with Crippen molar-refractivity contribution in [2.75, 3.05) is 38.5 Å². The molecular formula is C24H40FN3O3S. The third kappa shape index (κ3) is 9.57. The molecule has 0 spiro atoms. The molecule has 32 heavy (non-hydrogen) atoms. The monoisotopic (exact) mass is 469 g/mol. The number of benzene rings is 1. The Labute approximate surface area is 194 Å². The molecule has 1 fully saturated rings. The van der Waals surface area contributed by atoms with Crippen LogP contribution < -0.4 is 4.72 Å². The molecule has 1 saturated carbocycles. The van der Waals surface area contributed by atoms with Crippen molar-refractivity contribution in [2.24, 2.45) is 0 Å². The topological polar surface area (TPSA) is 61.9 Å². The van der Waals surface area contributed by atoms with Crippen molar-refractivity contribution in [3.05, 3.63) is 42.7 Å². The van der Waals surface area contributed by atoms with Crippen LogP contribution in [0.2, 0.25) is 0 Å². The van der Waals surface area contributed by atoms with E-state index in [0.717, 1.165) is 51.8 Å². The maximum absolute atomic E-state index is 13.3. The van der Waals surface area contributed by atoms with Crippen LogP contribution in [0.15, 0.2) is 36.9 Å². The molecule has 1 aliphatic carbocycles. The van der Waals surface area contributed by atoms with Gasteiger partial charge in [0.05, 0.1) is 11.8 Å². The molecule has 0 radical (unpaired) electrons. The fraction of sp³-hybridized carbons (Fsp3) is 0.667. The first-order valence-corrected chi connectivity index (χ1v) is 13.2. The second-order valence-corrected chi connectivity index (χ2v) is 10.5. The van der Waals surface area contributed by atoms with E-state index in [9.17, 15) is 12.8 Å². The SMILES string of the molecule is C=CCN(C)CCCCCCCOC1CCC(N(C)S(=O)(=O)Nc2cccc(F)c2)CC1. The molecule has 1 aliphatic rings. The fourth-order valence-corrected chi connectivity index (χ4v) is 5.29. The van der Waals surface area contributed by atoms with E-state index >= 15 is 0 Å². The molecular weight excluding hydrogens is 429 g/mol. The van der Waals surface area contributed by atoms with Gasteiger partial charge in [-0.1, -0.05) is 31.4 Å². The zero-order chi connectivity index (χ0) is 23.4. The summed E-state index contributed by atoms with van der Waals surface area (Å²) >= 11 is 0. The lowest BCUT2D eigenvalue weighted by molar-refractivity contribution is 0.0157. The molecule has 0 atom stereocenters. The summed E-state index contributed by atoms with van der Waals surface area (Å²) in [6.07, 6.45) is 11.4. The number of ether oxygens (including phenoxy) is 1. The molecule has 0 amide bonds. The first-order valence-electron chi connectivity index (χ1n) is 11.7. The molecule has 1 N–H and O–H groups in total. The Balaban J connectivity index is 1.59. The van der Waals surface area contributed by atoms with Gasteiger partial charge < -0.3 is 9.64 Å². The average Bonchev–Trinajstić information content (AvgIpc) is 2.75. The fourth-order valence-electron chi connectivity index (χ4n) is 4.12. The summed E-state index contributed by atoms with van der Waals surface area (Å²) in [7, 11) is -0.0108. The van der Waals surface area contributed by atoms with E-state index in [-0.39, 0.29) is 17.8 Å². The number of likely N-dealkylation sites (N-methyl/N-ethyl adjacent to an activating group) is 1.